The van der Waals surface area contributed by atoms with Crippen LogP contribution in [-0.4, -0.2) is 34.9 Å². The van der Waals surface area contributed by atoms with Crippen molar-refractivity contribution < 1.29 is 10.0 Å². The summed E-state index contributed by atoms with van der Waals surface area (Å²) in [4.78, 5) is 13.4. The molecule has 0 fully saturated rings. The zero-order valence-electron chi connectivity index (χ0n) is 10.3. The van der Waals surface area contributed by atoms with Crippen molar-refractivity contribution >= 4 is 23.3 Å². The topological polar surface area (TPSA) is 78.9 Å². The van der Waals surface area contributed by atoms with Crippen LogP contribution in [0.3, 0.4) is 0 Å². The summed E-state index contributed by atoms with van der Waals surface area (Å²) in [5.41, 5.74) is 6.32. The smallest absolute Gasteiger partial charge is 0.227 e. The van der Waals surface area contributed by atoms with Gasteiger partial charge in [-0.1, -0.05) is 28.9 Å². The molecule has 0 aliphatic carbocycles. The number of rotatable bonds is 4. The lowest BCUT2D eigenvalue weighted by Gasteiger charge is -2.23. The monoisotopic (exact) mass is 269 g/mol. The molecule has 0 aromatic heterocycles. The largest absolute Gasteiger partial charge is 0.409 e. The van der Waals surface area contributed by atoms with Crippen LogP contribution in [0.4, 0.5) is 0 Å². The fourth-order valence-electron chi connectivity index (χ4n) is 1.40. The quantitative estimate of drug-likeness (QED) is 0.376. The summed E-state index contributed by atoms with van der Waals surface area (Å²) < 4.78 is 0. The summed E-state index contributed by atoms with van der Waals surface area (Å²) in [7, 11) is 1.61. The third kappa shape index (κ3) is 3.63. The van der Waals surface area contributed by atoms with Gasteiger partial charge in [-0.2, -0.15) is 0 Å². The highest BCUT2D eigenvalue weighted by molar-refractivity contribution is 6.30. The minimum atomic E-state index is -0.449. The molecule has 6 heteroatoms. The molecule has 98 valence electrons. The number of amides is 1. The van der Waals surface area contributed by atoms with Gasteiger partial charge in [0.25, 0.3) is 0 Å². The van der Waals surface area contributed by atoms with E-state index in [0.717, 1.165) is 5.56 Å². The Kier molecular flexibility index (Phi) is 4.97. The number of nitrogens with zero attached hydrogens (tertiary/aromatic N) is 2. The molecule has 0 spiro atoms. The van der Waals surface area contributed by atoms with Crippen molar-refractivity contribution in [3.63, 3.8) is 0 Å². The first-order valence-electron chi connectivity index (χ1n) is 5.43. The minimum absolute atomic E-state index is 0.00181. The highest BCUT2D eigenvalue weighted by Gasteiger charge is 2.19. The molecule has 0 saturated carbocycles. The van der Waals surface area contributed by atoms with E-state index in [2.05, 4.69) is 5.16 Å². The van der Waals surface area contributed by atoms with Crippen molar-refractivity contribution in [1.29, 1.82) is 0 Å². The molecule has 0 aliphatic heterocycles. The van der Waals surface area contributed by atoms with Gasteiger partial charge < -0.3 is 15.8 Å². The van der Waals surface area contributed by atoms with Crippen molar-refractivity contribution in [2.45, 2.75) is 19.4 Å². The van der Waals surface area contributed by atoms with Gasteiger partial charge in [-0.3, -0.25) is 4.79 Å². The summed E-state index contributed by atoms with van der Waals surface area (Å²) in [6, 6.07) is 6.61. The fourth-order valence-corrected chi connectivity index (χ4v) is 1.53. The molecule has 1 unspecified atom stereocenters. The second-order valence-electron chi connectivity index (χ2n) is 4.01. The Labute approximate surface area is 111 Å². The lowest BCUT2D eigenvalue weighted by Crippen LogP contribution is -2.44. The molecule has 18 heavy (non-hydrogen) atoms. The second-order valence-corrected chi connectivity index (χ2v) is 4.45. The van der Waals surface area contributed by atoms with Gasteiger partial charge in [-0.25, -0.2) is 0 Å². The Bertz CT molecular complexity index is 445. The van der Waals surface area contributed by atoms with Crippen molar-refractivity contribution in [2.75, 3.05) is 7.05 Å². The Balaban J connectivity index is 2.68. The van der Waals surface area contributed by atoms with Crippen LogP contribution in [0.2, 0.25) is 5.02 Å². The predicted molar refractivity (Wildman–Crippen MR) is 70.8 cm³/mol. The van der Waals surface area contributed by atoms with Crippen LogP contribution in [0.25, 0.3) is 0 Å². The average Bonchev–Trinajstić information content (AvgIpc) is 2.38. The average molecular weight is 270 g/mol. The summed E-state index contributed by atoms with van der Waals surface area (Å²) in [5.74, 6) is -0.113. The molecule has 1 rings (SSSR count). The number of halogens is 1. The third-order valence-electron chi connectivity index (χ3n) is 2.79. The maximum atomic E-state index is 12.0. The van der Waals surface area contributed by atoms with E-state index < -0.39 is 6.04 Å². The molecule has 5 nitrogen and oxygen atoms in total. The van der Waals surface area contributed by atoms with Crippen LogP contribution >= 0.6 is 11.6 Å². The lowest BCUT2D eigenvalue weighted by atomic mass is 10.1. The van der Waals surface area contributed by atoms with E-state index in [1.54, 1.807) is 38.2 Å². The minimum Gasteiger partial charge on any atom is -0.409 e. The van der Waals surface area contributed by atoms with E-state index in [1.165, 1.54) is 4.90 Å². The molecule has 0 saturated heterocycles. The van der Waals surface area contributed by atoms with E-state index in [-0.39, 0.29) is 18.2 Å². The number of hydrogen-bond acceptors (Lipinski definition) is 3. The van der Waals surface area contributed by atoms with Crippen LogP contribution in [0, 0.1) is 0 Å². The van der Waals surface area contributed by atoms with E-state index in [0.29, 0.717) is 5.02 Å². The maximum absolute atomic E-state index is 12.0. The number of nitrogens with two attached hydrogens (primary N) is 1. The van der Waals surface area contributed by atoms with E-state index in [1.807, 2.05) is 0 Å². The van der Waals surface area contributed by atoms with Gasteiger partial charge in [0.05, 0.1) is 12.5 Å². The van der Waals surface area contributed by atoms with Crippen molar-refractivity contribution in [2.24, 2.45) is 10.9 Å². The number of benzene rings is 1. The van der Waals surface area contributed by atoms with Crippen LogP contribution in [0.1, 0.15) is 12.5 Å². The molecule has 0 aliphatic rings. The molecule has 1 aromatic rings. The molecule has 0 heterocycles. The molecule has 1 atom stereocenters. The van der Waals surface area contributed by atoms with Gasteiger partial charge in [-0.15, -0.1) is 0 Å². The maximum Gasteiger partial charge on any atom is 0.227 e. The highest BCUT2D eigenvalue weighted by Crippen LogP contribution is 2.11. The van der Waals surface area contributed by atoms with Crippen LogP contribution < -0.4 is 5.73 Å². The van der Waals surface area contributed by atoms with E-state index in [4.69, 9.17) is 22.5 Å². The van der Waals surface area contributed by atoms with Gasteiger partial charge >= 0.3 is 0 Å². The molecule has 0 bridgehead atoms. The normalized spacial score (nSPS) is 13.2. The van der Waals surface area contributed by atoms with E-state index in [9.17, 15) is 4.79 Å². The van der Waals surface area contributed by atoms with Gasteiger partial charge in [0.1, 0.15) is 0 Å². The Morgan fingerprint density at radius 2 is 2.06 bits per heavy atom. The highest BCUT2D eigenvalue weighted by atomic mass is 35.5. The van der Waals surface area contributed by atoms with Gasteiger partial charge in [-0.05, 0) is 24.6 Å². The number of hydrogen-bond donors (Lipinski definition) is 2. The Morgan fingerprint density at radius 1 is 1.50 bits per heavy atom. The van der Waals surface area contributed by atoms with Crippen LogP contribution in [0.15, 0.2) is 29.4 Å². The summed E-state index contributed by atoms with van der Waals surface area (Å²) in [5, 5.41) is 12.1. The zero-order valence-corrected chi connectivity index (χ0v) is 11.1. The molecular weight excluding hydrogens is 254 g/mol. The van der Waals surface area contributed by atoms with Crippen molar-refractivity contribution in [1.82, 2.24) is 4.90 Å². The van der Waals surface area contributed by atoms with Gasteiger partial charge in [0.2, 0.25) is 5.91 Å². The predicted octanol–water partition coefficient (Wildman–Crippen LogP) is 1.48. The summed E-state index contributed by atoms with van der Waals surface area (Å²) in [6.07, 6.45) is 0.247. The Hall–Kier alpha value is -1.75. The SMILES string of the molecule is CC(C(N)=NO)N(C)C(=O)Cc1ccc(Cl)cc1. The number of amidine groups is 1. The first-order valence-corrected chi connectivity index (χ1v) is 5.81. The van der Waals surface area contributed by atoms with Crippen LogP contribution in [0.5, 0.6) is 0 Å². The number of oxime groups is 1. The lowest BCUT2D eigenvalue weighted by molar-refractivity contribution is -0.129. The second kappa shape index (κ2) is 6.26. The fraction of sp³-hybridized carbons (Fsp3) is 0.333. The van der Waals surface area contributed by atoms with Crippen molar-refractivity contribution in [3.05, 3.63) is 34.9 Å². The number of carbonyl (C=O) groups excluding carboxylic acids is 1. The van der Waals surface area contributed by atoms with Gasteiger partial charge in [0, 0.05) is 12.1 Å². The van der Waals surface area contributed by atoms with Gasteiger partial charge in [0.15, 0.2) is 5.84 Å². The first-order chi connectivity index (χ1) is 8.45. The third-order valence-corrected chi connectivity index (χ3v) is 3.04. The molecule has 0 radical (unpaired) electrons. The number of likely N-dealkylation sites (N-methyl/N-ethyl adjacent to an activating group) is 1. The Morgan fingerprint density at radius 3 is 2.56 bits per heavy atom. The molecule has 3 N–H and O–H groups in total. The standard InChI is InChI=1S/C12H16ClN3O2/c1-8(12(14)15-18)16(2)11(17)7-9-3-5-10(13)6-4-9/h3-6,8,18H,7H2,1-2H3,(H2,14,15). The zero-order chi connectivity index (χ0) is 13.7. The summed E-state index contributed by atoms with van der Waals surface area (Å²) >= 11 is 5.77. The van der Waals surface area contributed by atoms with E-state index >= 15 is 0 Å². The molecular formula is C12H16ClN3O2. The molecule has 1 amide bonds. The van der Waals surface area contributed by atoms with Crippen LogP contribution in [-0.2, 0) is 11.2 Å². The van der Waals surface area contributed by atoms with Crippen molar-refractivity contribution in [3.8, 4) is 0 Å². The summed E-state index contributed by atoms with van der Waals surface area (Å²) in [6.45, 7) is 1.69. The first kappa shape index (κ1) is 14.3. The molecule has 1 aromatic carbocycles. The number of carbonyl (C=O) groups is 1.